The highest BCUT2D eigenvalue weighted by Gasteiger charge is 2.21. The molecule has 1 fully saturated rings. The van der Waals surface area contributed by atoms with Crippen molar-refractivity contribution in [2.45, 2.75) is 32.4 Å². The number of hydrogen-bond acceptors (Lipinski definition) is 4. The summed E-state index contributed by atoms with van der Waals surface area (Å²) in [4.78, 5) is 26.1. The molecule has 1 aliphatic rings. The van der Waals surface area contributed by atoms with E-state index in [1.807, 2.05) is 30.5 Å². The predicted molar refractivity (Wildman–Crippen MR) is 99.1 cm³/mol. The molecule has 1 aromatic heterocycles. The van der Waals surface area contributed by atoms with Crippen LogP contribution in [0.25, 0.3) is 5.69 Å². The smallest absolute Gasteiger partial charge is 0.253 e. The fourth-order valence-electron chi connectivity index (χ4n) is 3.22. The largest absolute Gasteiger partial charge is 0.352 e. The van der Waals surface area contributed by atoms with E-state index in [1.165, 1.54) is 6.92 Å². The second kappa shape index (κ2) is 8.14. The summed E-state index contributed by atoms with van der Waals surface area (Å²) >= 11 is 0. The van der Waals surface area contributed by atoms with Crippen LogP contribution in [-0.2, 0) is 11.3 Å². The third-order valence-electron chi connectivity index (χ3n) is 4.53. The maximum Gasteiger partial charge on any atom is 0.253 e. The predicted octanol–water partition coefficient (Wildman–Crippen LogP) is 1.33. The van der Waals surface area contributed by atoms with Crippen molar-refractivity contribution in [1.29, 1.82) is 0 Å². The molecule has 7 heteroatoms. The summed E-state index contributed by atoms with van der Waals surface area (Å²) in [7, 11) is 2.08. The molecule has 2 heterocycles. The van der Waals surface area contributed by atoms with E-state index in [-0.39, 0.29) is 17.9 Å². The summed E-state index contributed by atoms with van der Waals surface area (Å²) in [5, 5.41) is 10.2. The van der Waals surface area contributed by atoms with Gasteiger partial charge in [-0.2, -0.15) is 5.10 Å². The summed E-state index contributed by atoms with van der Waals surface area (Å²) in [5.41, 5.74) is 2.20. The van der Waals surface area contributed by atoms with Gasteiger partial charge in [-0.05, 0) is 38.6 Å². The van der Waals surface area contributed by atoms with Crippen molar-refractivity contribution in [2.24, 2.45) is 0 Å². The first-order chi connectivity index (χ1) is 12.5. The zero-order valence-electron chi connectivity index (χ0n) is 15.2. The van der Waals surface area contributed by atoms with Crippen LogP contribution in [0.1, 0.15) is 35.7 Å². The highest BCUT2D eigenvalue weighted by Crippen LogP contribution is 2.16. The van der Waals surface area contributed by atoms with Crippen molar-refractivity contribution in [3.05, 3.63) is 47.8 Å². The minimum Gasteiger partial charge on any atom is -0.352 e. The molecule has 0 saturated carbocycles. The van der Waals surface area contributed by atoms with Gasteiger partial charge in [0, 0.05) is 37.8 Å². The number of nitrogens with one attached hydrogen (secondary N) is 2. The fraction of sp³-hybridized carbons (Fsp3) is 0.421. The number of rotatable bonds is 5. The Morgan fingerprint density at radius 2 is 2.12 bits per heavy atom. The Balaban J connectivity index is 1.75. The van der Waals surface area contributed by atoms with Gasteiger partial charge in [-0.3, -0.25) is 9.59 Å². The van der Waals surface area contributed by atoms with E-state index in [0.29, 0.717) is 12.1 Å². The zero-order valence-corrected chi connectivity index (χ0v) is 15.2. The van der Waals surface area contributed by atoms with Gasteiger partial charge in [0.1, 0.15) is 0 Å². The van der Waals surface area contributed by atoms with Crippen molar-refractivity contribution < 1.29 is 9.59 Å². The Labute approximate surface area is 153 Å². The van der Waals surface area contributed by atoms with Gasteiger partial charge in [0.25, 0.3) is 5.91 Å². The summed E-state index contributed by atoms with van der Waals surface area (Å²) in [5.74, 6) is -0.171. The SMILES string of the molecule is CC(=O)NCc1cnn(-c2ccccc2C(=O)N[C@@H]2CCCN(C)C2)c1. The second-order valence-electron chi connectivity index (χ2n) is 6.79. The number of piperidine rings is 1. The zero-order chi connectivity index (χ0) is 18.5. The van der Waals surface area contributed by atoms with Crippen LogP contribution in [0.3, 0.4) is 0 Å². The molecular weight excluding hydrogens is 330 g/mol. The van der Waals surface area contributed by atoms with Crippen LogP contribution >= 0.6 is 0 Å². The standard InChI is InChI=1S/C19H25N5O2/c1-14(25)20-10-15-11-21-24(12-15)18-8-4-3-7-17(18)19(26)22-16-6-5-9-23(2)13-16/h3-4,7-8,11-12,16H,5-6,9-10,13H2,1-2H3,(H,20,25)(H,22,26)/t16-/m1/s1. The quantitative estimate of drug-likeness (QED) is 0.848. The molecule has 7 nitrogen and oxygen atoms in total. The molecule has 3 rings (SSSR count). The van der Waals surface area contributed by atoms with Gasteiger partial charge in [-0.25, -0.2) is 4.68 Å². The van der Waals surface area contributed by atoms with Gasteiger partial charge >= 0.3 is 0 Å². The third kappa shape index (κ3) is 4.49. The average Bonchev–Trinajstić information content (AvgIpc) is 3.09. The van der Waals surface area contributed by atoms with Crippen molar-refractivity contribution >= 4 is 11.8 Å². The number of para-hydroxylation sites is 1. The maximum atomic E-state index is 12.8. The van der Waals surface area contributed by atoms with Crippen molar-refractivity contribution in [2.75, 3.05) is 20.1 Å². The summed E-state index contributed by atoms with van der Waals surface area (Å²) in [6.07, 6.45) is 5.62. The van der Waals surface area contributed by atoms with Gasteiger partial charge in [-0.15, -0.1) is 0 Å². The number of amides is 2. The lowest BCUT2D eigenvalue weighted by molar-refractivity contribution is -0.119. The number of nitrogens with zero attached hydrogens (tertiary/aromatic N) is 3. The molecule has 0 bridgehead atoms. The molecule has 0 unspecified atom stereocenters. The van der Waals surface area contributed by atoms with E-state index >= 15 is 0 Å². The molecule has 2 amide bonds. The topological polar surface area (TPSA) is 79.3 Å². The van der Waals surface area contributed by atoms with Crippen LogP contribution in [0.4, 0.5) is 0 Å². The van der Waals surface area contributed by atoms with Gasteiger partial charge in [0.2, 0.25) is 5.91 Å². The molecule has 1 saturated heterocycles. The lowest BCUT2D eigenvalue weighted by Gasteiger charge is -2.30. The van der Waals surface area contributed by atoms with Crippen molar-refractivity contribution in [1.82, 2.24) is 25.3 Å². The molecule has 1 atom stereocenters. The molecule has 1 aliphatic heterocycles. The number of aromatic nitrogens is 2. The van der Waals surface area contributed by atoms with Gasteiger partial charge in [0.05, 0.1) is 17.4 Å². The average molecular weight is 355 g/mol. The van der Waals surface area contributed by atoms with Crippen LogP contribution in [0, 0.1) is 0 Å². The van der Waals surface area contributed by atoms with Crippen LogP contribution < -0.4 is 10.6 Å². The van der Waals surface area contributed by atoms with Crippen LogP contribution in [0.2, 0.25) is 0 Å². The Morgan fingerprint density at radius 1 is 1.31 bits per heavy atom. The maximum absolute atomic E-state index is 12.8. The van der Waals surface area contributed by atoms with Crippen LogP contribution in [0.5, 0.6) is 0 Å². The van der Waals surface area contributed by atoms with Crippen LogP contribution in [0.15, 0.2) is 36.7 Å². The molecule has 0 aliphatic carbocycles. The Kier molecular flexibility index (Phi) is 5.68. The van der Waals surface area contributed by atoms with E-state index in [4.69, 9.17) is 0 Å². The number of likely N-dealkylation sites (N-methyl/N-ethyl adjacent to an activating group) is 1. The van der Waals surface area contributed by atoms with Crippen molar-refractivity contribution in [3.63, 3.8) is 0 Å². The Hall–Kier alpha value is -2.67. The van der Waals surface area contributed by atoms with E-state index in [9.17, 15) is 9.59 Å². The normalized spacial score (nSPS) is 17.7. The molecule has 2 aromatic rings. The highest BCUT2D eigenvalue weighted by molar-refractivity contribution is 5.97. The first kappa shape index (κ1) is 18.1. The first-order valence-electron chi connectivity index (χ1n) is 8.89. The first-order valence-corrected chi connectivity index (χ1v) is 8.89. The molecule has 26 heavy (non-hydrogen) atoms. The number of hydrogen-bond donors (Lipinski definition) is 2. The minimum atomic E-state index is -0.0880. The Bertz CT molecular complexity index is 786. The summed E-state index contributed by atoms with van der Waals surface area (Å²) in [6, 6.07) is 7.59. The lowest BCUT2D eigenvalue weighted by Crippen LogP contribution is -2.46. The number of benzene rings is 1. The number of carbonyl (C=O) groups excluding carboxylic acids is 2. The number of carbonyl (C=O) groups is 2. The third-order valence-corrected chi connectivity index (χ3v) is 4.53. The molecule has 138 valence electrons. The van der Waals surface area contributed by atoms with Gasteiger partial charge in [0.15, 0.2) is 0 Å². The van der Waals surface area contributed by atoms with Gasteiger partial charge in [-0.1, -0.05) is 12.1 Å². The lowest BCUT2D eigenvalue weighted by atomic mass is 10.1. The second-order valence-corrected chi connectivity index (χ2v) is 6.79. The van der Waals surface area contributed by atoms with E-state index < -0.39 is 0 Å². The molecule has 0 spiro atoms. The van der Waals surface area contributed by atoms with E-state index in [1.54, 1.807) is 10.9 Å². The monoisotopic (exact) mass is 355 g/mol. The van der Waals surface area contributed by atoms with Gasteiger partial charge < -0.3 is 15.5 Å². The summed E-state index contributed by atoms with van der Waals surface area (Å²) < 4.78 is 1.68. The molecule has 1 aromatic carbocycles. The minimum absolute atomic E-state index is 0.0835. The molecule has 0 radical (unpaired) electrons. The molecular formula is C19H25N5O2. The Morgan fingerprint density at radius 3 is 2.88 bits per heavy atom. The highest BCUT2D eigenvalue weighted by atomic mass is 16.2. The number of likely N-dealkylation sites (tertiary alicyclic amines) is 1. The van der Waals surface area contributed by atoms with Crippen LogP contribution in [-0.4, -0.2) is 52.7 Å². The van der Waals surface area contributed by atoms with E-state index in [2.05, 4.69) is 27.7 Å². The molecule has 2 N–H and O–H groups in total. The summed E-state index contributed by atoms with van der Waals surface area (Å²) in [6.45, 7) is 3.84. The fourth-order valence-corrected chi connectivity index (χ4v) is 3.22. The van der Waals surface area contributed by atoms with Crippen molar-refractivity contribution in [3.8, 4) is 5.69 Å². The van der Waals surface area contributed by atoms with E-state index in [0.717, 1.165) is 37.2 Å².